The normalized spacial score (nSPS) is 23.0. The summed E-state index contributed by atoms with van der Waals surface area (Å²) in [5.74, 6) is 0.807. The highest BCUT2D eigenvalue weighted by Gasteiger charge is 2.39. The Kier molecular flexibility index (Phi) is 4.95. The first-order valence-electron chi connectivity index (χ1n) is 7.20. The van der Waals surface area contributed by atoms with Crippen molar-refractivity contribution in [3.8, 4) is 11.5 Å². The number of carbonyl (C=O) groups excluding carboxylic acids is 1. The number of ether oxygens (including phenoxy) is 2. The van der Waals surface area contributed by atoms with Gasteiger partial charge in [-0.25, -0.2) is 8.42 Å². The van der Waals surface area contributed by atoms with Gasteiger partial charge in [-0.15, -0.1) is 0 Å². The second-order valence-electron chi connectivity index (χ2n) is 5.62. The summed E-state index contributed by atoms with van der Waals surface area (Å²) >= 11 is 0. The number of benzene rings is 1. The minimum atomic E-state index is -3.06. The lowest BCUT2D eigenvalue weighted by Crippen LogP contribution is -2.48. The summed E-state index contributed by atoms with van der Waals surface area (Å²) in [5.41, 5.74) is -0.710. The van der Waals surface area contributed by atoms with Gasteiger partial charge in [0, 0.05) is 0 Å². The maximum Gasteiger partial charge on any atom is 0.258 e. The summed E-state index contributed by atoms with van der Waals surface area (Å²) in [6, 6.07) is 7.10. The summed E-state index contributed by atoms with van der Waals surface area (Å²) < 4.78 is 33.9. The highest BCUT2D eigenvalue weighted by Crippen LogP contribution is 2.26. The first-order valence-corrected chi connectivity index (χ1v) is 9.02. The molecule has 1 unspecified atom stereocenters. The van der Waals surface area contributed by atoms with Crippen LogP contribution in [0, 0.1) is 0 Å². The van der Waals surface area contributed by atoms with Crippen LogP contribution < -0.4 is 14.8 Å². The predicted molar refractivity (Wildman–Crippen MR) is 82.9 cm³/mol. The highest BCUT2D eigenvalue weighted by atomic mass is 32.2. The summed E-state index contributed by atoms with van der Waals surface area (Å²) in [4.78, 5) is 12.0. The molecule has 1 atom stereocenters. The number of amides is 1. The fourth-order valence-corrected chi connectivity index (χ4v) is 4.56. The quantitative estimate of drug-likeness (QED) is 0.848. The van der Waals surface area contributed by atoms with Crippen LogP contribution in [0.4, 0.5) is 0 Å². The molecule has 1 heterocycles. The average Bonchev–Trinajstić information content (AvgIpc) is 2.72. The number of carbonyl (C=O) groups is 1. The Hall–Kier alpha value is -1.76. The minimum Gasteiger partial charge on any atom is -0.490 e. The third-order valence-electron chi connectivity index (χ3n) is 3.45. The molecule has 0 radical (unpaired) electrons. The van der Waals surface area contributed by atoms with E-state index in [1.165, 1.54) is 0 Å². The van der Waals surface area contributed by atoms with Gasteiger partial charge in [0.2, 0.25) is 0 Å². The zero-order chi connectivity index (χ0) is 16.2. The Morgan fingerprint density at radius 3 is 2.45 bits per heavy atom. The highest BCUT2D eigenvalue weighted by molar-refractivity contribution is 7.91. The number of nitrogens with one attached hydrogen (secondary N) is 1. The molecule has 1 fully saturated rings. The molecule has 0 bridgehead atoms. The van der Waals surface area contributed by atoms with Crippen LogP contribution in [0.25, 0.3) is 0 Å². The lowest BCUT2D eigenvalue weighted by molar-refractivity contribution is -0.124. The van der Waals surface area contributed by atoms with E-state index in [1.807, 2.05) is 13.0 Å². The fourth-order valence-electron chi connectivity index (χ4n) is 2.47. The van der Waals surface area contributed by atoms with Crippen LogP contribution in [-0.2, 0) is 14.6 Å². The number of para-hydroxylation sites is 2. The van der Waals surface area contributed by atoms with Crippen LogP contribution in [0.5, 0.6) is 11.5 Å². The largest absolute Gasteiger partial charge is 0.490 e. The average molecular weight is 327 g/mol. The van der Waals surface area contributed by atoms with Gasteiger partial charge in [-0.3, -0.25) is 4.79 Å². The molecular formula is C15H21NO5S. The van der Waals surface area contributed by atoms with Crippen LogP contribution >= 0.6 is 0 Å². The summed E-state index contributed by atoms with van der Waals surface area (Å²) in [7, 11) is -3.06. The maximum absolute atomic E-state index is 12.0. The van der Waals surface area contributed by atoms with Crippen molar-refractivity contribution >= 4 is 15.7 Å². The van der Waals surface area contributed by atoms with Gasteiger partial charge in [0.25, 0.3) is 5.91 Å². The molecule has 1 saturated heterocycles. The summed E-state index contributed by atoms with van der Waals surface area (Å²) in [6.07, 6.45) is 0.427. The van der Waals surface area contributed by atoms with Crippen molar-refractivity contribution in [3.05, 3.63) is 24.3 Å². The molecule has 0 aliphatic carbocycles. The van der Waals surface area contributed by atoms with E-state index in [-0.39, 0.29) is 24.0 Å². The van der Waals surface area contributed by atoms with Gasteiger partial charge in [-0.2, -0.15) is 0 Å². The van der Waals surface area contributed by atoms with Gasteiger partial charge >= 0.3 is 0 Å². The first-order chi connectivity index (χ1) is 10.3. The molecule has 22 heavy (non-hydrogen) atoms. The standard InChI is InChI=1S/C15H21NO5S/c1-3-20-12-6-4-5-7-13(12)21-10-14(17)16-15(2)8-9-22(18,19)11-15/h4-7H,3,8-11H2,1-2H3,(H,16,17). The summed E-state index contributed by atoms with van der Waals surface area (Å²) in [5, 5.41) is 2.75. The molecule has 1 aromatic carbocycles. The van der Waals surface area contributed by atoms with Crippen molar-refractivity contribution in [2.75, 3.05) is 24.7 Å². The van der Waals surface area contributed by atoms with Gasteiger partial charge in [0.1, 0.15) is 0 Å². The van der Waals surface area contributed by atoms with Crippen LogP contribution in [0.15, 0.2) is 24.3 Å². The molecular weight excluding hydrogens is 306 g/mol. The van der Waals surface area contributed by atoms with E-state index in [9.17, 15) is 13.2 Å². The Morgan fingerprint density at radius 1 is 1.27 bits per heavy atom. The van der Waals surface area contributed by atoms with E-state index < -0.39 is 15.4 Å². The molecule has 0 aromatic heterocycles. The molecule has 1 amide bonds. The first kappa shape index (κ1) is 16.6. The van der Waals surface area contributed by atoms with Gasteiger partial charge in [0.05, 0.1) is 23.7 Å². The van der Waals surface area contributed by atoms with Crippen molar-refractivity contribution in [3.63, 3.8) is 0 Å². The maximum atomic E-state index is 12.0. The van der Waals surface area contributed by atoms with Crippen LogP contribution in [0.2, 0.25) is 0 Å². The van der Waals surface area contributed by atoms with Crippen molar-refractivity contribution < 1.29 is 22.7 Å². The number of sulfone groups is 1. The van der Waals surface area contributed by atoms with Gasteiger partial charge in [-0.1, -0.05) is 12.1 Å². The van der Waals surface area contributed by atoms with E-state index in [0.717, 1.165) is 0 Å². The van der Waals surface area contributed by atoms with E-state index in [4.69, 9.17) is 9.47 Å². The molecule has 6 nitrogen and oxygen atoms in total. The van der Waals surface area contributed by atoms with Gasteiger partial charge in [0.15, 0.2) is 27.9 Å². The minimum absolute atomic E-state index is 0.0265. The van der Waals surface area contributed by atoms with Crippen LogP contribution in [0.1, 0.15) is 20.3 Å². The van der Waals surface area contributed by atoms with Crippen molar-refractivity contribution in [2.24, 2.45) is 0 Å². The lowest BCUT2D eigenvalue weighted by Gasteiger charge is -2.24. The Bertz CT molecular complexity index is 643. The zero-order valence-electron chi connectivity index (χ0n) is 12.8. The van der Waals surface area contributed by atoms with Crippen LogP contribution in [-0.4, -0.2) is 44.6 Å². The monoisotopic (exact) mass is 327 g/mol. The van der Waals surface area contributed by atoms with Crippen LogP contribution in [0.3, 0.4) is 0 Å². The molecule has 122 valence electrons. The van der Waals surface area contributed by atoms with E-state index in [0.29, 0.717) is 24.5 Å². The summed E-state index contributed by atoms with van der Waals surface area (Å²) in [6.45, 7) is 3.93. The second kappa shape index (κ2) is 6.56. The molecule has 1 aliphatic rings. The molecule has 0 spiro atoms. The number of rotatable bonds is 6. The number of hydrogen-bond acceptors (Lipinski definition) is 5. The Labute approximate surface area is 130 Å². The van der Waals surface area contributed by atoms with E-state index in [1.54, 1.807) is 25.1 Å². The number of hydrogen-bond donors (Lipinski definition) is 1. The lowest BCUT2D eigenvalue weighted by atomic mass is 10.0. The van der Waals surface area contributed by atoms with Crippen molar-refractivity contribution in [1.29, 1.82) is 0 Å². The third kappa shape index (κ3) is 4.37. The van der Waals surface area contributed by atoms with Gasteiger partial charge in [-0.05, 0) is 32.4 Å². The SMILES string of the molecule is CCOc1ccccc1OCC(=O)NC1(C)CCS(=O)(=O)C1. The molecule has 1 aromatic rings. The fraction of sp³-hybridized carbons (Fsp3) is 0.533. The Morgan fingerprint density at radius 2 is 1.91 bits per heavy atom. The molecule has 2 rings (SSSR count). The Balaban J connectivity index is 1.91. The smallest absolute Gasteiger partial charge is 0.258 e. The molecule has 0 saturated carbocycles. The van der Waals surface area contributed by atoms with Gasteiger partial charge < -0.3 is 14.8 Å². The van der Waals surface area contributed by atoms with E-state index in [2.05, 4.69) is 5.32 Å². The van der Waals surface area contributed by atoms with Crippen molar-refractivity contribution in [2.45, 2.75) is 25.8 Å². The molecule has 1 aliphatic heterocycles. The van der Waals surface area contributed by atoms with Crippen molar-refractivity contribution in [1.82, 2.24) is 5.32 Å². The topological polar surface area (TPSA) is 81.7 Å². The molecule has 7 heteroatoms. The van der Waals surface area contributed by atoms with E-state index >= 15 is 0 Å². The predicted octanol–water partition coefficient (Wildman–Crippen LogP) is 1.16. The molecule has 1 N–H and O–H groups in total. The zero-order valence-corrected chi connectivity index (χ0v) is 13.6. The third-order valence-corrected chi connectivity index (χ3v) is 5.36. The second-order valence-corrected chi connectivity index (χ2v) is 7.80.